The zero-order valence-electron chi connectivity index (χ0n) is 17.8. The van der Waals surface area contributed by atoms with Crippen molar-refractivity contribution in [1.82, 2.24) is 20.2 Å². The number of amides is 3. The molecule has 2 aliphatic heterocycles. The Morgan fingerprint density at radius 3 is 2.61 bits per heavy atom. The van der Waals surface area contributed by atoms with Gasteiger partial charge in [-0.15, -0.1) is 0 Å². The normalized spacial score (nSPS) is 17.8. The molecule has 1 N–H and O–H groups in total. The molecule has 9 nitrogen and oxygen atoms in total. The molecule has 9 heteroatoms. The molecule has 33 heavy (non-hydrogen) atoms. The number of piperidine rings is 1. The Morgan fingerprint density at radius 1 is 1.12 bits per heavy atom. The largest absolute Gasteiger partial charge is 0.461 e. The molecular formula is C24H20N4O5. The topological polar surface area (TPSA) is 119 Å². The van der Waals surface area contributed by atoms with Gasteiger partial charge in [-0.1, -0.05) is 18.2 Å². The molecule has 1 atom stereocenters. The van der Waals surface area contributed by atoms with E-state index in [1.165, 1.54) is 4.90 Å². The Hall–Kier alpha value is -4.14. The average molecular weight is 444 g/mol. The SMILES string of the molecule is CCOC(=O)c1nc2ccccc2nc1-c1ccc2c(c1)CN(C1CCC(=O)NC1=O)C2=O. The monoisotopic (exact) mass is 444 g/mol. The van der Waals surface area contributed by atoms with Crippen LogP contribution in [0.4, 0.5) is 0 Å². The third-order valence-corrected chi connectivity index (χ3v) is 5.84. The lowest BCUT2D eigenvalue weighted by atomic mass is 10.0. The number of para-hydroxylation sites is 2. The van der Waals surface area contributed by atoms with Crippen LogP contribution in [-0.4, -0.2) is 51.2 Å². The zero-order valence-corrected chi connectivity index (χ0v) is 17.8. The Balaban J connectivity index is 1.54. The second kappa shape index (κ2) is 8.09. The van der Waals surface area contributed by atoms with E-state index >= 15 is 0 Å². The van der Waals surface area contributed by atoms with Crippen molar-refractivity contribution in [2.24, 2.45) is 0 Å². The molecule has 0 bridgehead atoms. The first kappa shape index (κ1) is 20.7. The van der Waals surface area contributed by atoms with Gasteiger partial charge in [0.25, 0.3) is 5.91 Å². The van der Waals surface area contributed by atoms with E-state index in [-0.39, 0.29) is 37.1 Å². The van der Waals surface area contributed by atoms with Gasteiger partial charge in [0.15, 0.2) is 5.69 Å². The number of benzene rings is 2. The minimum Gasteiger partial charge on any atom is -0.461 e. The van der Waals surface area contributed by atoms with Crippen LogP contribution in [0, 0.1) is 0 Å². The van der Waals surface area contributed by atoms with E-state index < -0.39 is 17.9 Å². The number of ether oxygens (including phenoxy) is 1. The van der Waals surface area contributed by atoms with Crippen LogP contribution < -0.4 is 5.32 Å². The minimum atomic E-state index is -0.693. The van der Waals surface area contributed by atoms with Crippen LogP contribution in [0.15, 0.2) is 42.5 Å². The van der Waals surface area contributed by atoms with E-state index in [0.29, 0.717) is 39.8 Å². The number of nitrogens with one attached hydrogen (secondary N) is 1. The molecule has 3 aromatic rings. The fraction of sp³-hybridized carbons (Fsp3) is 0.250. The number of hydrogen-bond acceptors (Lipinski definition) is 7. The van der Waals surface area contributed by atoms with Crippen LogP contribution in [0.2, 0.25) is 0 Å². The van der Waals surface area contributed by atoms with Gasteiger partial charge >= 0.3 is 5.97 Å². The summed E-state index contributed by atoms with van der Waals surface area (Å²) in [4.78, 5) is 60.0. The molecule has 2 aromatic carbocycles. The second-order valence-electron chi connectivity index (χ2n) is 7.90. The Labute approximate surface area is 188 Å². The summed E-state index contributed by atoms with van der Waals surface area (Å²) in [5.41, 5.74) is 3.48. The van der Waals surface area contributed by atoms with Crippen molar-refractivity contribution in [3.8, 4) is 11.3 Å². The number of carbonyl (C=O) groups is 4. The van der Waals surface area contributed by atoms with Crippen molar-refractivity contribution in [3.63, 3.8) is 0 Å². The van der Waals surface area contributed by atoms with Crippen LogP contribution in [0.5, 0.6) is 0 Å². The molecule has 3 amide bonds. The van der Waals surface area contributed by atoms with Gasteiger partial charge in [-0.3, -0.25) is 19.7 Å². The number of imide groups is 1. The Kier molecular flexibility index (Phi) is 5.08. The van der Waals surface area contributed by atoms with E-state index in [2.05, 4.69) is 15.3 Å². The van der Waals surface area contributed by atoms with Gasteiger partial charge < -0.3 is 9.64 Å². The van der Waals surface area contributed by atoms with Crippen molar-refractivity contribution in [2.45, 2.75) is 32.4 Å². The second-order valence-corrected chi connectivity index (χ2v) is 7.90. The minimum absolute atomic E-state index is 0.0989. The van der Waals surface area contributed by atoms with Crippen LogP contribution >= 0.6 is 0 Å². The van der Waals surface area contributed by atoms with Crippen molar-refractivity contribution >= 4 is 34.7 Å². The molecule has 5 rings (SSSR count). The van der Waals surface area contributed by atoms with Crippen molar-refractivity contribution in [1.29, 1.82) is 0 Å². The smallest absolute Gasteiger partial charge is 0.359 e. The first-order valence-corrected chi connectivity index (χ1v) is 10.7. The predicted octanol–water partition coefficient (Wildman–Crippen LogP) is 2.23. The van der Waals surface area contributed by atoms with E-state index in [9.17, 15) is 19.2 Å². The fourth-order valence-electron chi connectivity index (χ4n) is 4.26. The molecule has 1 saturated heterocycles. The Bertz CT molecular complexity index is 1340. The summed E-state index contributed by atoms with van der Waals surface area (Å²) in [6.07, 6.45) is 0.484. The van der Waals surface area contributed by atoms with E-state index in [4.69, 9.17) is 4.74 Å². The molecule has 0 aliphatic carbocycles. The molecule has 3 heterocycles. The molecule has 2 aliphatic rings. The number of aromatic nitrogens is 2. The fourth-order valence-corrected chi connectivity index (χ4v) is 4.26. The molecular weight excluding hydrogens is 424 g/mol. The lowest BCUT2D eigenvalue weighted by Gasteiger charge is -2.29. The first-order valence-electron chi connectivity index (χ1n) is 10.7. The van der Waals surface area contributed by atoms with E-state index in [0.717, 1.165) is 0 Å². The van der Waals surface area contributed by atoms with Gasteiger partial charge in [0.2, 0.25) is 11.8 Å². The number of hydrogen-bond donors (Lipinski definition) is 1. The van der Waals surface area contributed by atoms with Gasteiger partial charge in [0.1, 0.15) is 11.7 Å². The molecule has 166 valence electrons. The average Bonchev–Trinajstić information content (AvgIpc) is 3.14. The summed E-state index contributed by atoms with van der Waals surface area (Å²) >= 11 is 0. The summed E-state index contributed by atoms with van der Waals surface area (Å²) in [6.45, 7) is 2.15. The molecule has 1 fully saturated rings. The van der Waals surface area contributed by atoms with E-state index in [1.54, 1.807) is 31.2 Å². The highest BCUT2D eigenvalue weighted by molar-refractivity contribution is 6.06. The zero-order chi connectivity index (χ0) is 23.1. The third-order valence-electron chi connectivity index (χ3n) is 5.84. The number of fused-ring (bicyclic) bond motifs is 2. The maximum absolute atomic E-state index is 13.0. The summed E-state index contributed by atoms with van der Waals surface area (Å²) < 4.78 is 5.19. The number of carbonyl (C=O) groups excluding carboxylic acids is 4. The highest BCUT2D eigenvalue weighted by Gasteiger charge is 2.39. The predicted molar refractivity (Wildman–Crippen MR) is 117 cm³/mol. The van der Waals surface area contributed by atoms with Crippen LogP contribution in [0.3, 0.4) is 0 Å². The molecule has 1 unspecified atom stereocenters. The maximum Gasteiger partial charge on any atom is 0.359 e. The number of esters is 1. The van der Waals surface area contributed by atoms with Crippen LogP contribution in [-0.2, 0) is 20.9 Å². The van der Waals surface area contributed by atoms with Crippen LogP contribution in [0.25, 0.3) is 22.3 Å². The molecule has 0 saturated carbocycles. The third kappa shape index (κ3) is 3.61. The van der Waals surface area contributed by atoms with Crippen molar-refractivity contribution in [3.05, 3.63) is 59.3 Å². The van der Waals surface area contributed by atoms with Crippen molar-refractivity contribution < 1.29 is 23.9 Å². The molecule has 0 spiro atoms. The lowest BCUT2D eigenvalue weighted by molar-refractivity contribution is -0.136. The molecule has 1 aromatic heterocycles. The maximum atomic E-state index is 13.0. The summed E-state index contributed by atoms with van der Waals surface area (Å²) in [7, 11) is 0. The highest BCUT2D eigenvalue weighted by atomic mass is 16.5. The lowest BCUT2D eigenvalue weighted by Crippen LogP contribution is -2.52. The standard InChI is InChI=1S/C24H20N4O5/c1-2-33-24(32)21-20(25-16-5-3-4-6-17(16)26-21)13-7-8-15-14(11-13)12-28(23(15)31)18-9-10-19(29)27-22(18)30/h3-8,11,18H,2,9-10,12H2,1H3,(H,27,29,30). The van der Waals surface area contributed by atoms with Gasteiger partial charge in [0.05, 0.1) is 17.6 Å². The summed E-state index contributed by atoms with van der Waals surface area (Å²) in [5.74, 6) is -1.63. The Morgan fingerprint density at radius 2 is 1.88 bits per heavy atom. The first-order chi connectivity index (χ1) is 16.0. The summed E-state index contributed by atoms with van der Waals surface area (Å²) in [6, 6.07) is 11.7. The van der Waals surface area contributed by atoms with Gasteiger partial charge in [-0.2, -0.15) is 0 Å². The number of nitrogens with zero attached hydrogens (tertiary/aromatic N) is 3. The highest BCUT2D eigenvalue weighted by Crippen LogP contribution is 2.32. The van der Waals surface area contributed by atoms with E-state index in [1.807, 2.05) is 18.2 Å². The quantitative estimate of drug-likeness (QED) is 0.484. The van der Waals surface area contributed by atoms with Crippen LogP contribution in [0.1, 0.15) is 46.2 Å². The van der Waals surface area contributed by atoms with Gasteiger partial charge in [-0.05, 0) is 43.2 Å². The number of rotatable bonds is 4. The van der Waals surface area contributed by atoms with Gasteiger partial charge in [0, 0.05) is 24.1 Å². The summed E-state index contributed by atoms with van der Waals surface area (Å²) in [5, 5.41) is 2.30. The van der Waals surface area contributed by atoms with Gasteiger partial charge in [-0.25, -0.2) is 14.8 Å². The van der Waals surface area contributed by atoms with Crippen molar-refractivity contribution in [2.75, 3.05) is 6.61 Å². The molecule has 0 radical (unpaired) electrons.